The highest BCUT2D eigenvalue weighted by Gasteiger charge is 2.45. The molecule has 0 saturated carbocycles. The molecule has 0 saturated heterocycles. The summed E-state index contributed by atoms with van der Waals surface area (Å²) >= 11 is 0. The minimum Gasteiger partial charge on any atom is -0.493 e. The molecule has 0 bridgehead atoms. The van der Waals surface area contributed by atoms with Crippen molar-refractivity contribution < 1.29 is 28.3 Å². The van der Waals surface area contributed by atoms with Gasteiger partial charge in [0.15, 0.2) is 24.2 Å². The van der Waals surface area contributed by atoms with E-state index in [1.807, 2.05) is 30.5 Å². The monoisotopic (exact) mass is 502 g/mol. The van der Waals surface area contributed by atoms with Gasteiger partial charge in [0, 0.05) is 29.0 Å². The van der Waals surface area contributed by atoms with Gasteiger partial charge in [-0.25, -0.2) is 18.7 Å². The Bertz CT molecular complexity index is 1630. The second kappa shape index (κ2) is 8.77. The first kappa shape index (κ1) is 23.3. The van der Waals surface area contributed by atoms with Crippen molar-refractivity contribution in [2.45, 2.75) is 45.1 Å². The molecule has 2 aliphatic heterocycles. The van der Waals surface area contributed by atoms with Crippen LogP contribution < -0.4 is 14.9 Å². The maximum absolute atomic E-state index is 13.3. The normalized spacial score (nSPS) is 17.8. The zero-order valence-corrected chi connectivity index (χ0v) is 20.2. The predicted octanol–water partition coefficient (Wildman–Crippen LogP) is 2.98. The number of aryl methyl sites for hydroxylation is 1. The lowest BCUT2D eigenvalue weighted by Gasteiger charge is -2.31. The van der Waals surface area contributed by atoms with Crippen molar-refractivity contribution in [1.82, 2.24) is 9.55 Å². The van der Waals surface area contributed by atoms with Crippen molar-refractivity contribution in [3.8, 4) is 17.1 Å². The number of halogens is 1. The Balaban J connectivity index is 1.27. The Morgan fingerprint density at radius 3 is 2.92 bits per heavy atom. The van der Waals surface area contributed by atoms with E-state index in [4.69, 9.17) is 14.5 Å². The van der Waals surface area contributed by atoms with Crippen molar-refractivity contribution in [2.24, 2.45) is 0 Å². The minimum absolute atomic E-state index is 0.101. The van der Waals surface area contributed by atoms with E-state index in [9.17, 15) is 19.1 Å². The van der Waals surface area contributed by atoms with Gasteiger partial charge in [0.25, 0.3) is 5.56 Å². The van der Waals surface area contributed by atoms with Crippen molar-refractivity contribution in [2.75, 3.05) is 6.61 Å². The van der Waals surface area contributed by atoms with Gasteiger partial charge in [-0.05, 0) is 42.8 Å². The maximum Gasteiger partial charge on any atom is 0.343 e. The summed E-state index contributed by atoms with van der Waals surface area (Å²) in [6.45, 7) is 2.98. The molecule has 3 aromatic heterocycles. The van der Waals surface area contributed by atoms with Gasteiger partial charge in [0.2, 0.25) is 6.20 Å². The van der Waals surface area contributed by atoms with Crippen LogP contribution in [0.15, 0.2) is 59.7 Å². The molecule has 9 heteroatoms. The number of aliphatic hydroxyl groups is 1. The molecule has 1 aromatic carbocycles. The number of benzene rings is 1. The summed E-state index contributed by atoms with van der Waals surface area (Å²) < 4.78 is 27.8. The van der Waals surface area contributed by atoms with Gasteiger partial charge in [0.05, 0.1) is 35.6 Å². The summed E-state index contributed by atoms with van der Waals surface area (Å²) in [5.74, 6) is -0.311. The molecule has 0 unspecified atom stereocenters. The van der Waals surface area contributed by atoms with Crippen LogP contribution in [-0.2, 0) is 34.8 Å². The highest BCUT2D eigenvalue weighted by molar-refractivity contribution is 5.87. The third-order valence-corrected chi connectivity index (χ3v) is 7.13. The molecule has 0 spiro atoms. The van der Waals surface area contributed by atoms with Gasteiger partial charge in [-0.2, -0.15) is 0 Å². The van der Waals surface area contributed by atoms with Gasteiger partial charge in [-0.1, -0.05) is 6.92 Å². The van der Waals surface area contributed by atoms with E-state index in [1.165, 1.54) is 12.3 Å². The average Bonchev–Trinajstić information content (AvgIpc) is 3.25. The number of esters is 1. The molecule has 1 N–H and O–H groups in total. The SMILES string of the molecule is CC[C@@]1(O)C(=O)OCc2c1cc1n(c2=O)Cc2cc3cc(OCCC[n+]4cccc(F)c4)ccc3nc2-1. The molecule has 0 fully saturated rings. The van der Waals surface area contributed by atoms with Crippen molar-refractivity contribution in [3.05, 3.63) is 87.7 Å². The second-order valence-corrected chi connectivity index (χ2v) is 9.42. The third kappa shape index (κ3) is 3.86. The number of pyridine rings is 3. The first-order chi connectivity index (χ1) is 17.9. The van der Waals surface area contributed by atoms with E-state index in [2.05, 4.69) is 0 Å². The average molecular weight is 503 g/mol. The number of aromatic nitrogens is 3. The van der Waals surface area contributed by atoms with E-state index >= 15 is 0 Å². The first-order valence-electron chi connectivity index (χ1n) is 12.3. The second-order valence-electron chi connectivity index (χ2n) is 9.42. The fraction of sp³-hybridized carbons (Fsp3) is 0.286. The molecule has 8 nitrogen and oxygen atoms in total. The number of fused-ring (bicyclic) bond motifs is 5. The predicted molar refractivity (Wildman–Crippen MR) is 131 cm³/mol. The Morgan fingerprint density at radius 2 is 2.11 bits per heavy atom. The molecule has 4 aromatic rings. The van der Waals surface area contributed by atoms with Crippen LogP contribution in [0, 0.1) is 5.82 Å². The summed E-state index contributed by atoms with van der Waals surface area (Å²) in [6.07, 6.45) is 4.09. The Morgan fingerprint density at radius 1 is 1.24 bits per heavy atom. The van der Waals surface area contributed by atoms with Crippen LogP contribution in [0.2, 0.25) is 0 Å². The van der Waals surface area contributed by atoms with Crippen LogP contribution in [0.1, 0.15) is 36.5 Å². The van der Waals surface area contributed by atoms with Gasteiger partial charge in [-0.15, -0.1) is 0 Å². The number of carbonyl (C=O) groups is 1. The Hall–Kier alpha value is -4.11. The molecule has 0 amide bonds. The number of carbonyl (C=O) groups excluding carboxylic acids is 1. The quantitative estimate of drug-likeness (QED) is 0.218. The maximum atomic E-state index is 13.3. The van der Waals surface area contributed by atoms with E-state index < -0.39 is 11.6 Å². The Labute approximate surface area is 211 Å². The smallest absolute Gasteiger partial charge is 0.343 e. The van der Waals surface area contributed by atoms with E-state index in [1.54, 1.807) is 28.2 Å². The summed E-state index contributed by atoms with van der Waals surface area (Å²) in [5, 5.41) is 11.9. The lowest BCUT2D eigenvalue weighted by atomic mass is 9.86. The Kier molecular flexibility index (Phi) is 5.52. The van der Waals surface area contributed by atoms with Gasteiger partial charge >= 0.3 is 5.97 Å². The molecule has 1 atom stereocenters. The lowest BCUT2D eigenvalue weighted by Crippen LogP contribution is -2.44. The number of nitrogens with zero attached hydrogens (tertiary/aromatic N) is 3. The standard InChI is InChI=1S/C28H25FN3O5/c1-2-28(35)22-13-24-25-18(14-32(24)26(33)21(22)16-37-27(28)34)11-17-12-20(6-7-23(17)30-25)36-10-4-9-31-8-3-5-19(29)15-31/h3,5-8,11-13,15,35H,2,4,9-10,14,16H2,1H3/q+1/t28-/m0/s1. The van der Waals surface area contributed by atoms with Crippen molar-refractivity contribution in [1.29, 1.82) is 0 Å². The molecule has 5 heterocycles. The molecular weight excluding hydrogens is 477 g/mol. The lowest BCUT2D eigenvalue weighted by molar-refractivity contribution is -0.698. The summed E-state index contributed by atoms with van der Waals surface area (Å²) in [6, 6.07) is 12.4. The molecule has 188 valence electrons. The van der Waals surface area contributed by atoms with Crippen LogP contribution in [-0.4, -0.2) is 27.2 Å². The molecule has 6 rings (SSSR count). The largest absolute Gasteiger partial charge is 0.493 e. The van der Waals surface area contributed by atoms with Crippen LogP contribution >= 0.6 is 0 Å². The van der Waals surface area contributed by atoms with Crippen LogP contribution in [0.5, 0.6) is 5.75 Å². The topological polar surface area (TPSA) is 94.5 Å². The zero-order chi connectivity index (χ0) is 25.7. The summed E-state index contributed by atoms with van der Waals surface area (Å²) in [5.41, 5.74) is 1.33. The number of hydrogen-bond acceptors (Lipinski definition) is 6. The van der Waals surface area contributed by atoms with Crippen molar-refractivity contribution in [3.63, 3.8) is 0 Å². The fourth-order valence-corrected chi connectivity index (χ4v) is 5.12. The van der Waals surface area contributed by atoms with Crippen LogP contribution in [0.3, 0.4) is 0 Å². The van der Waals surface area contributed by atoms with E-state index in [0.717, 1.165) is 16.5 Å². The molecule has 2 aliphatic rings. The van der Waals surface area contributed by atoms with E-state index in [-0.39, 0.29) is 24.4 Å². The third-order valence-electron chi connectivity index (χ3n) is 7.13. The number of cyclic esters (lactones) is 1. The fourth-order valence-electron chi connectivity index (χ4n) is 5.12. The zero-order valence-electron chi connectivity index (χ0n) is 20.2. The van der Waals surface area contributed by atoms with Crippen LogP contribution in [0.25, 0.3) is 22.3 Å². The van der Waals surface area contributed by atoms with E-state index in [0.29, 0.717) is 54.4 Å². The van der Waals surface area contributed by atoms with Gasteiger partial charge < -0.3 is 19.1 Å². The minimum atomic E-state index is -1.85. The molecular formula is C28H25FN3O5+. The van der Waals surface area contributed by atoms with Crippen LogP contribution in [0.4, 0.5) is 4.39 Å². The number of hydrogen-bond donors (Lipinski definition) is 1. The number of rotatable bonds is 6. The summed E-state index contributed by atoms with van der Waals surface area (Å²) in [4.78, 5) is 30.4. The summed E-state index contributed by atoms with van der Waals surface area (Å²) in [7, 11) is 0. The highest BCUT2D eigenvalue weighted by atomic mass is 19.1. The highest BCUT2D eigenvalue weighted by Crippen LogP contribution is 2.38. The molecule has 0 aliphatic carbocycles. The first-order valence-corrected chi connectivity index (χ1v) is 12.3. The molecule has 37 heavy (non-hydrogen) atoms. The van der Waals surface area contributed by atoms with Gasteiger partial charge in [0.1, 0.15) is 12.4 Å². The number of ether oxygens (including phenoxy) is 2. The molecule has 0 radical (unpaired) electrons. The van der Waals surface area contributed by atoms with Gasteiger partial charge in [-0.3, -0.25) is 4.79 Å². The van der Waals surface area contributed by atoms with Crippen molar-refractivity contribution >= 4 is 16.9 Å².